The predicted molar refractivity (Wildman–Crippen MR) is 77.1 cm³/mol. The van der Waals surface area contributed by atoms with E-state index in [2.05, 4.69) is 36.5 Å². The van der Waals surface area contributed by atoms with Crippen molar-refractivity contribution in [3.63, 3.8) is 0 Å². The third-order valence-electron chi connectivity index (χ3n) is 3.73. The molecule has 3 nitrogen and oxygen atoms in total. The van der Waals surface area contributed by atoms with E-state index in [1.807, 2.05) is 0 Å². The van der Waals surface area contributed by atoms with Crippen LogP contribution in [0.1, 0.15) is 36.4 Å². The summed E-state index contributed by atoms with van der Waals surface area (Å²) in [6.07, 6.45) is 3.00. The third kappa shape index (κ3) is 4.60. The Morgan fingerprint density at radius 2 is 2.00 bits per heavy atom. The number of hydrogen-bond donors (Lipinski definition) is 2. The first-order valence-electron chi connectivity index (χ1n) is 7.17. The van der Waals surface area contributed by atoms with E-state index in [4.69, 9.17) is 4.74 Å². The Morgan fingerprint density at radius 3 is 2.58 bits per heavy atom. The molecule has 1 aromatic rings. The van der Waals surface area contributed by atoms with Gasteiger partial charge in [-0.05, 0) is 44.2 Å². The van der Waals surface area contributed by atoms with Crippen LogP contribution in [0, 0.1) is 12.8 Å². The van der Waals surface area contributed by atoms with Gasteiger partial charge in [-0.1, -0.05) is 29.8 Å². The van der Waals surface area contributed by atoms with Crippen LogP contribution in [-0.2, 0) is 4.74 Å². The molecule has 0 aromatic heterocycles. The topological polar surface area (TPSA) is 41.5 Å². The standard InChI is InChI=1S/C16H25NO2/c1-12-3-5-13(6-4-12)16(14-7-8-14)17-10-9-15(18)11-19-2/h3-6,14-18H,7-11H2,1-2H3. The molecule has 1 aromatic carbocycles. The molecule has 0 amide bonds. The molecule has 0 aliphatic heterocycles. The maximum absolute atomic E-state index is 9.66. The van der Waals surface area contributed by atoms with E-state index in [1.54, 1.807) is 7.11 Å². The maximum atomic E-state index is 9.66. The Labute approximate surface area is 116 Å². The lowest BCUT2D eigenvalue weighted by Crippen LogP contribution is -2.28. The molecule has 2 atom stereocenters. The normalized spacial score (nSPS) is 18.3. The van der Waals surface area contributed by atoms with E-state index in [9.17, 15) is 5.11 Å². The number of rotatable bonds is 8. The van der Waals surface area contributed by atoms with E-state index < -0.39 is 0 Å². The Bertz CT molecular complexity index is 373. The second kappa shape index (κ2) is 7.04. The molecule has 1 saturated carbocycles. The summed E-state index contributed by atoms with van der Waals surface area (Å²) in [6.45, 7) is 3.37. The highest BCUT2D eigenvalue weighted by Gasteiger charge is 2.31. The second-order valence-electron chi connectivity index (χ2n) is 5.58. The first-order chi connectivity index (χ1) is 9.20. The Balaban J connectivity index is 1.85. The Kier molecular flexibility index (Phi) is 5.37. The summed E-state index contributed by atoms with van der Waals surface area (Å²) < 4.78 is 4.94. The molecule has 0 radical (unpaired) electrons. The summed E-state index contributed by atoms with van der Waals surface area (Å²) in [6, 6.07) is 9.22. The van der Waals surface area contributed by atoms with Crippen molar-refractivity contribution in [3.05, 3.63) is 35.4 Å². The second-order valence-corrected chi connectivity index (χ2v) is 5.58. The van der Waals surface area contributed by atoms with Gasteiger partial charge in [-0.3, -0.25) is 0 Å². The van der Waals surface area contributed by atoms with Gasteiger partial charge in [-0.15, -0.1) is 0 Å². The molecule has 1 aliphatic carbocycles. The Hall–Kier alpha value is -0.900. The largest absolute Gasteiger partial charge is 0.391 e. The van der Waals surface area contributed by atoms with E-state index in [0.717, 1.165) is 18.9 Å². The minimum Gasteiger partial charge on any atom is -0.391 e. The third-order valence-corrected chi connectivity index (χ3v) is 3.73. The van der Waals surface area contributed by atoms with Crippen LogP contribution in [0.25, 0.3) is 0 Å². The van der Waals surface area contributed by atoms with Crippen molar-refractivity contribution < 1.29 is 9.84 Å². The summed E-state index contributed by atoms with van der Waals surface area (Å²) in [4.78, 5) is 0. The minimum absolute atomic E-state index is 0.365. The molecule has 2 rings (SSSR count). The molecule has 1 aliphatic rings. The smallest absolute Gasteiger partial charge is 0.0785 e. The van der Waals surface area contributed by atoms with Crippen molar-refractivity contribution in [2.75, 3.05) is 20.3 Å². The van der Waals surface area contributed by atoms with Crippen molar-refractivity contribution in [1.82, 2.24) is 5.32 Å². The molecule has 0 heterocycles. The zero-order valence-electron chi connectivity index (χ0n) is 11.9. The maximum Gasteiger partial charge on any atom is 0.0785 e. The number of aliphatic hydroxyl groups is 1. The van der Waals surface area contributed by atoms with Crippen LogP contribution in [-0.4, -0.2) is 31.5 Å². The van der Waals surface area contributed by atoms with E-state index in [0.29, 0.717) is 12.6 Å². The molecular formula is C16H25NO2. The summed E-state index contributed by atoms with van der Waals surface area (Å²) in [5.41, 5.74) is 2.67. The predicted octanol–water partition coefficient (Wildman–Crippen LogP) is 2.43. The highest BCUT2D eigenvalue weighted by molar-refractivity contribution is 5.25. The van der Waals surface area contributed by atoms with Crippen molar-refractivity contribution >= 4 is 0 Å². The SMILES string of the molecule is COCC(O)CCNC(c1ccc(C)cc1)C1CC1. The fraction of sp³-hybridized carbons (Fsp3) is 0.625. The summed E-state index contributed by atoms with van der Waals surface area (Å²) in [5.74, 6) is 0.766. The number of methoxy groups -OCH3 is 1. The van der Waals surface area contributed by atoms with Gasteiger partial charge in [-0.2, -0.15) is 0 Å². The van der Waals surface area contributed by atoms with Crippen LogP contribution in [0.2, 0.25) is 0 Å². The van der Waals surface area contributed by atoms with Crippen molar-refractivity contribution in [2.24, 2.45) is 5.92 Å². The first-order valence-corrected chi connectivity index (χ1v) is 7.17. The Morgan fingerprint density at radius 1 is 1.32 bits per heavy atom. The molecule has 2 N–H and O–H groups in total. The van der Waals surface area contributed by atoms with Crippen LogP contribution in [0.4, 0.5) is 0 Å². The van der Waals surface area contributed by atoms with Gasteiger partial charge >= 0.3 is 0 Å². The lowest BCUT2D eigenvalue weighted by molar-refractivity contribution is 0.0588. The number of aliphatic hydroxyl groups excluding tert-OH is 1. The summed E-state index contributed by atoms with van der Waals surface area (Å²) in [5, 5.41) is 13.2. The summed E-state index contributed by atoms with van der Waals surface area (Å²) in [7, 11) is 1.62. The number of hydrogen-bond acceptors (Lipinski definition) is 3. The summed E-state index contributed by atoms with van der Waals surface area (Å²) >= 11 is 0. The van der Waals surface area contributed by atoms with E-state index in [-0.39, 0.29) is 6.10 Å². The molecule has 0 spiro atoms. The highest BCUT2D eigenvalue weighted by Crippen LogP contribution is 2.40. The number of nitrogens with one attached hydrogen (secondary N) is 1. The van der Waals surface area contributed by atoms with Crippen LogP contribution >= 0.6 is 0 Å². The van der Waals surface area contributed by atoms with Gasteiger partial charge in [0.05, 0.1) is 12.7 Å². The molecule has 19 heavy (non-hydrogen) atoms. The van der Waals surface area contributed by atoms with Gasteiger partial charge in [0.2, 0.25) is 0 Å². The average molecular weight is 263 g/mol. The van der Waals surface area contributed by atoms with Gasteiger partial charge in [0, 0.05) is 13.2 Å². The number of aryl methyl sites for hydroxylation is 1. The fourth-order valence-electron chi connectivity index (χ4n) is 2.44. The molecule has 3 heteroatoms. The molecule has 2 unspecified atom stereocenters. The minimum atomic E-state index is -0.365. The van der Waals surface area contributed by atoms with Crippen molar-refractivity contribution in [1.29, 1.82) is 0 Å². The van der Waals surface area contributed by atoms with Crippen molar-refractivity contribution in [2.45, 2.75) is 38.3 Å². The monoisotopic (exact) mass is 263 g/mol. The number of ether oxygens (including phenoxy) is 1. The van der Waals surface area contributed by atoms with Gasteiger partial charge in [0.25, 0.3) is 0 Å². The van der Waals surface area contributed by atoms with Crippen molar-refractivity contribution in [3.8, 4) is 0 Å². The molecule has 0 bridgehead atoms. The van der Waals surface area contributed by atoms with Gasteiger partial charge in [-0.25, -0.2) is 0 Å². The molecular weight excluding hydrogens is 238 g/mol. The van der Waals surface area contributed by atoms with Crippen LogP contribution in [0.5, 0.6) is 0 Å². The molecule has 0 saturated heterocycles. The zero-order chi connectivity index (χ0) is 13.7. The van der Waals surface area contributed by atoms with Crippen LogP contribution < -0.4 is 5.32 Å². The van der Waals surface area contributed by atoms with Gasteiger partial charge in [0.1, 0.15) is 0 Å². The van der Waals surface area contributed by atoms with E-state index in [1.165, 1.54) is 24.0 Å². The lowest BCUT2D eigenvalue weighted by atomic mass is 10.0. The molecule has 1 fully saturated rings. The number of benzene rings is 1. The average Bonchev–Trinajstić information content (AvgIpc) is 3.21. The molecule has 106 valence electrons. The first kappa shape index (κ1) is 14.5. The highest BCUT2D eigenvalue weighted by atomic mass is 16.5. The fourth-order valence-corrected chi connectivity index (χ4v) is 2.44. The quantitative estimate of drug-likeness (QED) is 0.757. The van der Waals surface area contributed by atoms with E-state index >= 15 is 0 Å². The van der Waals surface area contributed by atoms with Gasteiger partial charge in [0.15, 0.2) is 0 Å². The van der Waals surface area contributed by atoms with Gasteiger partial charge < -0.3 is 15.2 Å². The zero-order valence-corrected chi connectivity index (χ0v) is 11.9. The van der Waals surface area contributed by atoms with Crippen LogP contribution in [0.15, 0.2) is 24.3 Å². The lowest BCUT2D eigenvalue weighted by Gasteiger charge is -2.20. The van der Waals surface area contributed by atoms with Crippen LogP contribution in [0.3, 0.4) is 0 Å².